The molecule has 1 fully saturated rings. The molecule has 164 valence electrons. The number of phenols is 4. The van der Waals surface area contributed by atoms with Gasteiger partial charge in [0.05, 0.1) is 13.2 Å². The number of rotatable bonds is 6. The number of aromatic hydroxyl groups is 4. The lowest BCUT2D eigenvalue weighted by Crippen LogP contribution is -2.47. The Bertz CT molecular complexity index is 981. The number of esters is 1. The van der Waals surface area contributed by atoms with E-state index in [4.69, 9.17) is 9.47 Å². The van der Waals surface area contributed by atoms with Gasteiger partial charge >= 0.3 is 5.97 Å². The third-order valence-electron chi connectivity index (χ3n) is 4.73. The molecule has 2 aromatic rings. The first-order valence-corrected chi connectivity index (χ1v) is 9.61. The Balaban J connectivity index is 1.74. The lowest BCUT2D eigenvalue weighted by atomic mass is 10.1. The second-order valence-electron chi connectivity index (χ2n) is 6.97. The number of hydrogen-bond acceptors (Lipinski definition) is 8. The number of carbonyl (C=O) groups excluding carboxylic acids is 2. The van der Waals surface area contributed by atoms with Crippen LogP contribution >= 0.6 is 0 Å². The highest BCUT2D eigenvalue weighted by molar-refractivity contribution is 5.90. The zero-order valence-electron chi connectivity index (χ0n) is 16.6. The van der Waals surface area contributed by atoms with E-state index in [1.807, 2.05) is 0 Å². The van der Waals surface area contributed by atoms with Gasteiger partial charge in [0.2, 0.25) is 0 Å². The summed E-state index contributed by atoms with van der Waals surface area (Å²) < 4.78 is 10.7. The highest BCUT2D eigenvalue weighted by Crippen LogP contribution is 2.27. The maximum Gasteiger partial charge on any atom is 0.331 e. The van der Waals surface area contributed by atoms with Crippen LogP contribution in [0, 0.1) is 0 Å². The topological polar surface area (TPSA) is 137 Å². The minimum absolute atomic E-state index is 0.00358. The number of amides is 1. The zero-order chi connectivity index (χ0) is 22.4. The number of hydrogen-bond donors (Lipinski definition) is 4. The molecule has 1 aliphatic rings. The summed E-state index contributed by atoms with van der Waals surface area (Å²) in [5.74, 6) is -2.41. The maximum absolute atomic E-state index is 12.9. The summed E-state index contributed by atoms with van der Waals surface area (Å²) in [6.45, 7) is 1.51. The molecule has 0 radical (unpaired) electrons. The van der Waals surface area contributed by atoms with Gasteiger partial charge in [0.1, 0.15) is 0 Å². The van der Waals surface area contributed by atoms with Gasteiger partial charge < -0.3 is 34.8 Å². The van der Waals surface area contributed by atoms with Crippen LogP contribution in [0.3, 0.4) is 0 Å². The van der Waals surface area contributed by atoms with Crippen LogP contribution in [-0.2, 0) is 25.5 Å². The van der Waals surface area contributed by atoms with Crippen molar-refractivity contribution in [3.63, 3.8) is 0 Å². The van der Waals surface area contributed by atoms with Gasteiger partial charge in [0.15, 0.2) is 29.1 Å². The van der Waals surface area contributed by atoms with Gasteiger partial charge in [0.25, 0.3) is 5.91 Å². The van der Waals surface area contributed by atoms with Crippen LogP contribution in [0.5, 0.6) is 23.0 Å². The molecule has 9 heteroatoms. The number of nitrogens with zero attached hydrogens (tertiary/aromatic N) is 1. The number of ether oxygens (including phenoxy) is 2. The average Bonchev–Trinajstić information content (AvgIpc) is 2.76. The Morgan fingerprint density at radius 2 is 1.61 bits per heavy atom. The van der Waals surface area contributed by atoms with E-state index in [2.05, 4.69) is 0 Å². The van der Waals surface area contributed by atoms with Crippen molar-refractivity contribution < 1.29 is 39.5 Å². The summed E-state index contributed by atoms with van der Waals surface area (Å²) in [5, 5.41) is 38.1. The lowest BCUT2D eigenvalue weighted by Gasteiger charge is -2.30. The Kier molecular flexibility index (Phi) is 6.99. The molecule has 0 spiro atoms. The van der Waals surface area contributed by atoms with Crippen LogP contribution in [0.25, 0.3) is 6.08 Å². The Hall–Kier alpha value is -3.72. The van der Waals surface area contributed by atoms with Gasteiger partial charge in [-0.3, -0.25) is 4.79 Å². The van der Waals surface area contributed by atoms with Crippen LogP contribution in [0.2, 0.25) is 0 Å². The summed E-state index contributed by atoms with van der Waals surface area (Å²) in [5.41, 5.74) is 0.953. The lowest BCUT2D eigenvalue weighted by molar-refractivity contribution is -0.158. The van der Waals surface area contributed by atoms with Crippen molar-refractivity contribution >= 4 is 18.0 Å². The average molecular weight is 429 g/mol. The van der Waals surface area contributed by atoms with Crippen LogP contribution in [0.15, 0.2) is 42.5 Å². The van der Waals surface area contributed by atoms with Crippen molar-refractivity contribution in [1.29, 1.82) is 0 Å². The van der Waals surface area contributed by atoms with Gasteiger partial charge in [0, 0.05) is 25.6 Å². The second kappa shape index (κ2) is 9.86. The highest BCUT2D eigenvalue weighted by atomic mass is 16.5. The van der Waals surface area contributed by atoms with E-state index in [0.717, 1.165) is 6.08 Å². The number of phenolic OH excluding ortho intramolecular Hbond substituents is 4. The third-order valence-corrected chi connectivity index (χ3v) is 4.73. The van der Waals surface area contributed by atoms with Crippen LogP contribution in [-0.4, -0.2) is 69.6 Å². The molecule has 2 aromatic carbocycles. The Labute approximate surface area is 178 Å². The molecule has 0 unspecified atom stereocenters. The molecule has 1 saturated heterocycles. The summed E-state index contributed by atoms with van der Waals surface area (Å²) >= 11 is 0. The van der Waals surface area contributed by atoms with E-state index in [9.17, 15) is 30.0 Å². The molecule has 4 N–H and O–H groups in total. The Morgan fingerprint density at radius 1 is 0.968 bits per heavy atom. The van der Waals surface area contributed by atoms with Crippen molar-refractivity contribution in [2.24, 2.45) is 0 Å². The van der Waals surface area contributed by atoms with Crippen molar-refractivity contribution in [1.82, 2.24) is 4.90 Å². The smallest absolute Gasteiger partial charge is 0.331 e. The first kappa shape index (κ1) is 22.0. The number of benzene rings is 2. The Morgan fingerprint density at radius 3 is 2.26 bits per heavy atom. The van der Waals surface area contributed by atoms with Gasteiger partial charge in [-0.05, 0) is 41.5 Å². The molecular formula is C22H23NO8. The van der Waals surface area contributed by atoms with E-state index >= 15 is 0 Å². The first-order chi connectivity index (χ1) is 14.8. The van der Waals surface area contributed by atoms with Crippen molar-refractivity contribution in [3.8, 4) is 23.0 Å². The molecule has 1 atom stereocenters. The predicted molar refractivity (Wildman–Crippen MR) is 110 cm³/mol. The van der Waals surface area contributed by atoms with E-state index in [1.165, 1.54) is 42.5 Å². The standard InChI is InChI=1S/C22H23NO8/c24-16-4-1-14(11-18(16)26)3-6-21(28)31-20(22(29)23-7-9-30-10-8-23)13-15-2-5-17(25)19(27)12-15/h1-6,11-12,20,24-27H,7-10,13H2/b6-3+/t20-/m1/s1. The molecule has 0 aliphatic carbocycles. The summed E-state index contributed by atoms with van der Waals surface area (Å²) in [7, 11) is 0. The molecule has 1 aliphatic heterocycles. The summed E-state index contributed by atoms with van der Waals surface area (Å²) in [6.07, 6.45) is 1.35. The maximum atomic E-state index is 12.9. The molecule has 0 saturated carbocycles. The van der Waals surface area contributed by atoms with Gasteiger partial charge in [-0.2, -0.15) is 0 Å². The minimum Gasteiger partial charge on any atom is -0.504 e. The summed E-state index contributed by atoms with van der Waals surface area (Å²) in [6, 6.07) is 8.17. The molecule has 9 nitrogen and oxygen atoms in total. The predicted octanol–water partition coefficient (Wildman–Crippen LogP) is 1.54. The monoisotopic (exact) mass is 429 g/mol. The van der Waals surface area contributed by atoms with Crippen LogP contribution in [0.1, 0.15) is 11.1 Å². The second-order valence-corrected chi connectivity index (χ2v) is 6.97. The van der Waals surface area contributed by atoms with Gasteiger partial charge in [-0.15, -0.1) is 0 Å². The van der Waals surface area contributed by atoms with E-state index < -0.39 is 12.1 Å². The van der Waals surface area contributed by atoms with E-state index in [-0.39, 0.29) is 35.3 Å². The van der Waals surface area contributed by atoms with Crippen molar-refractivity contribution in [2.45, 2.75) is 12.5 Å². The molecular weight excluding hydrogens is 406 g/mol. The van der Waals surface area contributed by atoms with Crippen molar-refractivity contribution in [2.75, 3.05) is 26.3 Å². The zero-order valence-corrected chi connectivity index (χ0v) is 16.6. The van der Waals surface area contributed by atoms with Crippen LogP contribution < -0.4 is 0 Å². The minimum atomic E-state index is -1.15. The molecule has 1 amide bonds. The normalized spacial score (nSPS) is 15.0. The third kappa shape index (κ3) is 5.89. The fourth-order valence-corrected chi connectivity index (χ4v) is 3.06. The highest BCUT2D eigenvalue weighted by Gasteiger charge is 2.29. The molecule has 0 bridgehead atoms. The first-order valence-electron chi connectivity index (χ1n) is 9.61. The summed E-state index contributed by atoms with van der Waals surface area (Å²) in [4.78, 5) is 26.9. The molecule has 0 aromatic heterocycles. The largest absolute Gasteiger partial charge is 0.504 e. The molecule has 31 heavy (non-hydrogen) atoms. The van der Waals surface area contributed by atoms with Crippen molar-refractivity contribution in [3.05, 3.63) is 53.6 Å². The van der Waals surface area contributed by atoms with E-state index in [0.29, 0.717) is 37.4 Å². The fourth-order valence-electron chi connectivity index (χ4n) is 3.06. The molecule has 1 heterocycles. The van der Waals surface area contributed by atoms with Gasteiger partial charge in [-0.1, -0.05) is 12.1 Å². The fraction of sp³-hybridized carbons (Fsp3) is 0.273. The van der Waals surface area contributed by atoms with Gasteiger partial charge in [-0.25, -0.2) is 4.79 Å². The molecule has 3 rings (SSSR count). The quantitative estimate of drug-likeness (QED) is 0.308. The van der Waals surface area contributed by atoms with Crippen LogP contribution in [0.4, 0.5) is 0 Å². The number of carbonyl (C=O) groups is 2. The van der Waals surface area contributed by atoms with E-state index in [1.54, 1.807) is 4.90 Å². The number of morpholine rings is 1. The SMILES string of the molecule is O=C(/C=C/c1ccc(O)c(O)c1)O[C@H](Cc1ccc(O)c(O)c1)C(=O)N1CCOCC1.